The molecule has 3 heteroatoms. The third-order valence-electron chi connectivity index (χ3n) is 5.37. The van der Waals surface area contributed by atoms with E-state index >= 15 is 0 Å². The van der Waals surface area contributed by atoms with E-state index in [2.05, 4.69) is 53.7 Å². The van der Waals surface area contributed by atoms with Crippen LogP contribution in [-0.2, 0) is 19.2 Å². The average Bonchev–Trinajstić information content (AvgIpc) is 2.88. The van der Waals surface area contributed by atoms with Gasteiger partial charge in [-0.2, -0.15) is 0 Å². The van der Waals surface area contributed by atoms with Gasteiger partial charge in [0, 0.05) is 0 Å². The molecule has 2 aliphatic carbocycles. The minimum absolute atomic E-state index is 0. The van der Waals surface area contributed by atoms with Crippen LogP contribution < -0.4 is 24.8 Å². The second-order valence-electron chi connectivity index (χ2n) is 7.06. The van der Waals surface area contributed by atoms with E-state index in [1.165, 1.54) is 12.8 Å². The minimum atomic E-state index is -0.0820. The van der Waals surface area contributed by atoms with E-state index in [1.54, 1.807) is 22.3 Å². The first-order valence-corrected chi connectivity index (χ1v) is 9.61. The molecule has 2 unspecified atom stereocenters. The van der Waals surface area contributed by atoms with Crippen LogP contribution in [0.1, 0.15) is 54.4 Å². The van der Waals surface area contributed by atoms with E-state index in [-0.39, 0.29) is 49.4 Å². The van der Waals surface area contributed by atoms with E-state index < -0.39 is 0 Å². The maximum atomic E-state index is 2.55. The van der Waals surface area contributed by atoms with Gasteiger partial charge in [-0.1, -0.05) is 0 Å². The Kier molecular flexibility index (Phi) is 6.47. The Labute approximate surface area is 157 Å². The van der Waals surface area contributed by atoms with Crippen LogP contribution in [-0.4, -0.2) is 0 Å². The van der Waals surface area contributed by atoms with Crippen molar-refractivity contribution in [2.24, 2.45) is 17.3 Å². The summed E-state index contributed by atoms with van der Waals surface area (Å²) in [7, 11) is 0. The molecule has 3 rings (SSSR count). The summed E-state index contributed by atoms with van der Waals surface area (Å²) in [6.07, 6.45) is 7.67. The number of halogens is 2. The van der Waals surface area contributed by atoms with Crippen LogP contribution >= 0.6 is 0 Å². The average molecular weight is 373 g/mol. The van der Waals surface area contributed by atoms with E-state index in [1.807, 2.05) is 7.76 Å². The van der Waals surface area contributed by atoms with Crippen molar-refractivity contribution < 1.29 is 44.0 Å². The molecule has 0 nitrogen and oxygen atoms in total. The summed E-state index contributed by atoms with van der Waals surface area (Å²) in [5, 5.41) is 0. The molecule has 0 spiro atoms. The quantitative estimate of drug-likeness (QED) is 0.578. The topological polar surface area (TPSA) is 0 Å². The SMILES string of the molecule is CCC1C=C(C)C2=[C]1[Ti+2][C]1=C(C(C)=CC1CC)C2(C)C.[Cl-].[Cl-]. The number of hydrogen-bond acceptors (Lipinski definition) is 0. The third kappa shape index (κ3) is 2.75. The van der Waals surface area contributed by atoms with Crippen LogP contribution in [0.4, 0.5) is 0 Å². The van der Waals surface area contributed by atoms with Gasteiger partial charge in [0.15, 0.2) is 0 Å². The van der Waals surface area contributed by atoms with Crippen molar-refractivity contribution in [2.45, 2.75) is 54.4 Å². The number of hydrogen-bond donors (Lipinski definition) is 0. The molecular formula is C19H26Cl2Ti. The van der Waals surface area contributed by atoms with Crippen molar-refractivity contribution in [1.82, 2.24) is 0 Å². The molecule has 120 valence electrons. The Morgan fingerprint density at radius 2 is 1.23 bits per heavy atom. The van der Waals surface area contributed by atoms with E-state index in [4.69, 9.17) is 0 Å². The third-order valence-corrected chi connectivity index (χ3v) is 8.15. The van der Waals surface area contributed by atoms with Crippen molar-refractivity contribution in [1.29, 1.82) is 0 Å². The Balaban J connectivity index is 0.00000121. The Hall–Kier alpha value is 0.254. The van der Waals surface area contributed by atoms with Gasteiger partial charge in [-0.15, -0.1) is 0 Å². The normalized spacial score (nSPS) is 27.7. The largest absolute Gasteiger partial charge is 1.00 e. The summed E-state index contributed by atoms with van der Waals surface area (Å²) < 4.78 is 3.71. The van der Waals surface area contributed by atoms with Crippen molar-refractivity contribution >= 4 is 0 Å². The zero-order valence-electron chi connectivity index (χ0n) is 14.5. The van der Waals surface area contributed by atoms with Gasteiger partial charge < -0.3 is 24.8 Å². The predicted molar refractivity (Wildman–Crippen MR) is 82.9 cm³/mol. The van der Waals surface area contributed by atoms with Crippen LogP contribution in [0.15, 0.2) is 42.2 Å². The van der Waals surface area contributed by atoms with Crippen LogP contribution in [0, 0.1) is 17.3 Å². The second kappa shape index (κ2) is 7.02. The van der Waals surface area contributed by atoms with Crippen LogP contribution in [0.3, 0.4) is 0 Å². The molecule has 0 bridgehead atoms. The fourth-order valence-corrected chi connectivity index (χ4v) is 8.53. The summed E-state index contributed by atoms with van der Waals surface area (Å²) >= 11 is -0.0820. The summed E-state index contributed by atoms with van der Waals surface area (Å²) in [5.41, 5.74) is 6.81. The smallest absolute Gasteiger partial charge is 1.00 e. The second-order valence-corrected chi connectivity index (χ2v) is 9.13. The summed E-state index contributed by atoms with van der Waals surface area (Å²) in [6, 6.07) is 0. The standard InChI is InChI=1S/C19H26.2ClH.Ti/c1-7-15-9-13(3)17(11-15)19(5,6)18-12-16(8-2)10-14(18)4;;;/h9-10,15-16H,7-8H2,1-6H3;2*1H;/q;;;+2/p-2. The molecule has 2 atom stereocenters. The molecule has 0 amide bonds. The maximum absolute atomic E-state index is 2.55. The maximum Gasteiger partial charge on any atom is -1.00 e. The molecule has 22 heavy (non-hydrogen) atoms. The summed E-state index contributed by atoms with van der Waals surface area (Å²) in [4.78, 5) is 0. The first kappa shape index (κ1) is 20.3. The molecule has 0 radical (unpaired) electrons. The summed E-state index contributed by atoms with van der Waals surface area (Å²) in [5.74, 6) is 1.49. The monoisotopic (exact) mass is 372 g/mol. The Bertz CT molecular complexity index is 541. The molecular weight excluding hydrogens is 347 g/mol. The van der Waals surface area contributed by atoms with Crippen LogP contribution in [0.2, 0.25) is 0 Å². The first-order valence-electron chi connectivity index (χ1n) is 8.05. The van der Waals surface area contributed by atoms with Crippen LogP contribution in [0.5, 0.6) is 0 Å². The molecule has 0 aromatic carbocycles. The van der Waals surface area contributed by atoms with Crippen molar-refractivity contribution in [3.05, 3.63) is 42.2 Å². The zero-order valence-corrected chi connectivity index (χ0v) is 17.6. The van der Waals surface area contributed by atoms with Gasteiger partial charge >= 0.3 is 133 Å². The van der Waals surface area contributed by atoms with Crippen molar-refractivity contribution in [3.63, 3.8) is 0 Å². The molecule has 1 aliphatic heterocycles. The Morgan fingerprint density at radius 1 is 0.864 bits per heavy atom. The van der Waals surface area contributed by atoms with Gasteiger partial charge in [-0.3, -0.25) is 0 Å². The first-order chi connectivity index (χ1) is 9.41. The zero-order chi connectivity index (χ0) is 14.7. The predicted octanol–water partition coefficient (Wildman–Crippen LogP) is -0.403. The van der Waals surface area contributed by atoms with Gasteiger partial charge in [0.25, 0.3) is 0 Å². The fourth-order valence-electron chi connectivity index (χ4n) is 4.62. The fraction of sp³-hybridized carbons (Fsp3) is 0.579. The minimum Gasteiger partial charge on any atom is -1.00 e. The van der Waals surface area contributed by atoms with Gasteiger partial charge in [0.05, 0.1) is 0 Å². The van der Waals surface area contributed by atoms with Crippen LogP contribution in [0.25, 0.3) is 0 Å². The van der Waals surface area contributed by atoms with Gasteiger partial charge in [0.1, 0.15) is 0 Å². The van der Waals surface area contributed by atoms with Crippen molar-refractivity contribution in [3.8, 4) is 0 Å². The molecule has 0 fully saturated rings. The molecule has 0 saturated carbocycles. The van der Waals surface area contributed by atoms with E-state index in [0.717, 1.165) is 11.8 Å². The van der Waals surface area contributed by atoms with Gasteiger partial charge in [-0.05, 0) is 0 Å². The Morgan fingerprint density at radius 3 is 1.55 bits per heavy atom. The molecule has 3 aliphatic rings. The van der Waals surface area contributed by atoms with E-state index in [0.29, 0.717) is 0 Å². The van der Waals surface area contributed by atoms with E-state index in [9.17, 15) is 0 Å². The van der Waals surface area contributed by atoms with Crippen molar-refractivity contribution in [2.75, 3.05) is 0 Å². The van der Waals surface area contributed by atoms with Gasteiger partial charge in [-0.25, -0.2) is 0 Å². The molecule has 0 saturated heterocycles. The number of rotatable bonds is 2. The summed E-state index contributed by atoms with van der Waals surface area (Å²) in [6.45, 7) is 14.3. The molecule has 0 aromatic heterocycles. The molecule has 1 heterocycles. The molecule has 0 N–H and O–H groups in total. The molecule has 0 aromatic rings. The van der Waals surface area contributed by atoms with Gasteiger partial charge in [0.2, 0.25) is 0 Å². The number of allylic oxidation sites excluding steroid dienone is 8.